The first-order valence-electron chi connectivity index (χ1n) is 4.40. The van der Waals surface area contributed by atoms with Crippen molar-refractivity contribution in [1.29, 1.82) is 5.26 Å². The van der Waals surface area contributed by atoms with Gasteiger partial charge in [0.25, 0.3) is 10.4 Å². The highest BCUT2D eigenvalue weighted by molar-refractivity contribution is 7.96. The van der Waals surface area contributed by atoms with Crippen LogP contribution in [0, 0.1) is 11.3 Å². The fourth-order valence-corrected chi connectivity index (χ4v) is 0.950. The van der Waals surface area contributed by atoms with Crippen molar-refractivity contribution in [3.05, 3.63) is 30.3 Å². The molecule has 18 heavy (non-hydrogen) atoms. The molecular formula is C11H15N3O2S2. The van der Waals surface area contributed by atoms with Crippen molar-refractivity contribution in [2.75, 3.05) is 11.9 Å². The molecule has 1 rings (SSSR count). The van der Waals surface area contributed by atoms with E-state index < -0.39 is 5.24 Å². The van der Waals surface area contributed by atoms with Crippen molar-refractivity contribution in [2.45, 2.75) is 7.43 Å². The number of hydrogen-bond donors (Lipinski definition) is 3. The highest BCUT2D eigenvalue weighted by atomic mass is 32.1. The molecule has 0 aliphatic carbocycles. The number of nitriles is 1. The van der Waals surface area contributed by atoms with Crippen LogP contribution in [-0.2, 0) is 4.74 Å². The molecule has 0 fully saturated rings. The highest BCUT2D eigenvalue weighted by Gasteiger charge is 1.95. The Labute approximate surface area is 117 Å². The number of carbonyl (C=O) groups is 1. The van der Waals surface area contributed by atoms with Crippen molar-refractivity contribution in [1.82, 2.24) is 0 Å². The molecule has 3 N–H and O–H groups in total. The molecule has 0 unspecified atom stereocenters. The maximum Gasteiger partial charge on any atom is 0.273 e. The van der Waals surface area contributed by atoms with Crippen LogP contribution in [0.3, 0.4) is 0 Å². The lowest BCUT2D eigenvalue weighted by atomic mass is 10.3. The molecule has 5 nitrogen and oxygen atoms in total. The number of amides is 1. The third kappa shape index (κ3) is 12.3. The van der Waals surface area contributed by atoms with Crippen LogP contribution in [0.25, 0.3) is 0 Å². The number of ether oxygens (including phenoxy) is 1. The zero-order valence-electron chi connectivity index (χ0n) is 8.79. The van der Waals surface area contributed by atoms with Crippen LogP contribution in [0.1, 0.15) is 7.43 Å². The summed E-state index contributed by atoms with van der Waals surface area (Å²) in [4.78, 5) is 9.09. The minimum atomic E-state index is -0.639. The number of para-hydroxylation sites is 1. The van der Waals surface area contributed by atoms with Crippen molar-refractivity contribution in [2.24, 2.45) is 5.73 Å². The van der Waals surface area contributed by atoms with Gasteiger partial charge >= 0.3 is 0 Å². The molecule has 0 aliphatic heterocycles. The van der Waals surface area contributed by atoms with E-state index in [1.54, 1.807) is 0 Å². The quantitative estimate of drug-likeness (QED) is 0.574. The van der Waals surface area contributed by atoms with Crippen LogP contribution < -0.4 is 11.1 Å². The van der Waals surface area contributed by atoms with Crippen molar-refractivity contribution in [3.63, 3.8) is 0 Å². The van der Waals surface area contributed by atoms with Crippen LogP contribution in [0.4, 0.5) is 10.5 Å². The van der Waals surface area contributed by atoms with E-state index in [0.717, 1.165) is 5.69 Å². The zero-order valence-corrected chi connectivity index (χ0v) is 10.5. The lowest BCUT2D eigenvalue weighted by Gasteiger charge is -2.05. The van der Waals surface area contributed by atoms with Gasteiger partial charge in [0, 0.05) is 5.69 Å². The fraction of sp³-hybridized carbons (Fsp3) is 0.182. The van der Waals surface area contributed by atoms with Crippen LogP contribution in [-0.4, -0.2) is 17.0 Å². The summed E-state index contributed by atoms with van der Waals surface area (Å²) in [6.07, 6.45) is 0. The minimum Gasteiger partial charge on any atom is -0.455 e. The Kier molecular flexibility index (Phi) is 12.1. The average molecular weight is 285 g/mol. The van der Waals surface area contributed by atoms with E-state index in [0.29, 0.717) is 0 Å². The maximum atomic E-state index is 9.09. The summed E-state index contributed by atoms with van der Waals surface area (Å²) in [7, 11) is 0. The molecule has 0 atom stereocenters. The Balaban J connectivity index is 0. The summed E-state index contributed by atoms with van der Waals surface area (Å²) in [5.41, 5.74) is 5.19. The van der Waals surface area contributed by atoms with E-state index in [2.05, 4.69) is 23.7 Å². The van der Waals surface area contributed by atoms with E-state index in [1.807, 2.05) is 36.4 Å². The topological polar surface area (TPSA) is 88.1 Å². The van der Waals surface area contributed by atoms with Crippen LogP contribution in [0.5, 0.6) is 0 Å². The predicted molar refractivity (Wildman–Crippen MR) is 79.5 cm³/mol. The smallest absolute Gasteiger partial charge is 0.273 e. The summed E-state index contributed by atoms with van der Waals surface area (Å²) in [6, 6.07) is 11.2. The van der Waals surface area contributed by atoms with E-state index in [-0.39, 0.29) is 19.2 Å². The molecule has 0 saturated carbocycles. The fourth-order valence-electron chi connectivity index (χ4n) is 0.773. The van der Waals surface area contributed by atoms with Gasteiger partial charge in [0.2, 0.25) is 0 Å². The number of hydrogen-bond acceptors (Lipinski definition) is 4. The minimum absolute atomic E-state index is 0. The van der Waals surface area contributed by atoms with E-state index >= 15 is 0 Å². The Bertz CT molecular complexity index is 400. The van der Waals surface area contributed by atoms with Gasteiger partial charge < -0.3 is 15.8 Å². The Morgan fingerprint density at radius 3 is 2.44 bits per heavy atom. The van der Waals surface area contributed by atoms with E-state index in [9.17, 15) is 0 Å². The first kappa shape index (κ1) is 18.6. The number of carbonyl (C=O) groups excluding carboxylic acids is 1. The van der Waals surface area contributed by atoms with Gasteiger partial charge in [-0.1, -0.05) is 38.3 Å². The number of primary amides is 1. The summed E-state index contributed by atoms with van der Waals surface area (Å²) in [6.45, 7) is -0.0291. The second kappa shape index (κ2) is 11.7. The average Bonchev–Trinajstić information content (AvgIpc) is 2.27. The third-order valence-corrected chi connectivity index (χ3v) is 1.51. The molecule has 1 aromatic rings. The van der Waals surface area contributed by atoms with Gasteiger partial charge in [0.05, 0.1) is 0 Å². The summed E-state index contributed by atoms with van der Waals surface area (Å²) in [5, 5.41) is 10.6. The molecular weight excluding hydrogens is 270 g/mol. The lowest BCUT2D eigenvalue weighted by Crippen LogP contribution is -2.13. The molecule has 0 spiro atoms. The van der Waals surface area contributed by atoms with E-state index in [1.165, 1.54) is 0 Å². The standard InChI is InChI=1S/C9H8N2OS.CH3NOS.CH4/c10-6-7-12-9(13)11-8-4-2-1-3-5-8;2-1(3)4;/h1-5H,7H2,(H,11,13);(H3,2,3,4);1H4. The molecule has 0 aliphatic rings. The molecule has 7 heteroatoms. The van der Waals surface area contributed by atoms with Crippen LogP contribution in [0.2, 0.25) is 0 Å². The second-order valence-electron chi connectivity index (χ2n) is 2.56. The van der Waals surface area contributed by atoms with Crippen molar-refractivity contribution in [3.8, 4) is 6.07 Å². The second-order valence-corrected chi connectivity index (χ2v) is 3.38. The Morgan fingerprint density at radius 1 is 1.50 bits per heavy atom. The molecule has 0 aromatic heterocycles. The normalized spacial score (nSPS) is 7.56. The number of rotatable bonds is 2. The van der Waals surface area contributed by atoms with Gasteiger partial charge in [-0.25, -0.2) is 0 Å². The number of thiocarbonyl (C=S) groups is 1. The van der Waals surface area contributed by atoms with Gasteiger partial charge in [-0.05, 0) is 24.4 Å². The van der Waals surface area contributed by atoms with E-state index in [4.69, 9.17) is 27.0 Å². The first-order valence-corrected chi connectivity index (χ1v) is 5.26. The molecule has 0 radical (unpaired) electrons. The summed E-state index contributed by atoms with van der Waals surface area (Å²) in [5.74, 6) is 0. The maximum absolute atomic E-state index is 9.09. The molecule has 0 heterocycles. The van der Waals surface area contributed by atoms with Gasteiger partial charge in [-0.2, -0.15) is 5.26 Å². The summed E-state index contributed by atoms with van der Waals surface area (Å²) >= 11 is 7.92. The molecule has 1 amide bonds. The summed E-state index contributed by atoms with van der Waals surface area (Å²) < 4.78 is 4.85. The number of benzene rings is 1. The van der Waals surface area contributed by atoms with Crippen molar-refractivity contribution < 1.29 is 9.53 Å². The number of nitrogens with zero attached hydrogens (tertiary/aromatic N) is 1. The zero-order chi connectivity index (χ0) is 13.1. The number of nitrogens with one attached hydrogen (secondary N) is 1. The monoisotopic (exact) mass is 285 g/mol. The Hall–Kier alpha value is -1.78. The predicted octanol–water partition coefficient (Wildman–Crippen LogP) is 2.55. The molecule has 0 saturated heterocycles. The lowest BCUT2D eigenvalue weighted by molar-refractivity contribution is 0.267. The van der Waals surface area contributed by atoms with Crippen LogP contribution in [0.15, 0.2) is 30.3 Å². The number of thiol groups is 1. The Morgan fingerprint density at radius 2 is 2.00 bits per heavy atom. The van der Waals surface area contributed by atoms with Gasteiger partial charge in [0.15, 0.2) is 6.61 Å². The van der Waals surface area contributed by atoms with Gasteiger partial charge in [0.1, 0.15) is 6.07 Å². The third-order valence-electron chi connectivity index (χ3n) is 1.29. The molecule has 1 aromatic carbocycles. The van der Waals surface area contributed by atoms with Crippen LogP contribution >= 0.6 is 24.8 Å². The molecule has 98 valence electrons. The van der Waals surface area contributed by atoms with Gasteiger partial charge in [-0.3, -0.25) is 4.79 Å². The largest absolute Gasteiger partial charge is 0.455 e. The first-order chi connectivity index (χ1) is 8.06. The number of anilines is 1. The van der Waals surface area contributed by atoms with Crippen molar-refractivity contribution >= 4 is 40.9 Å². The SMILES string of the molecule is C.N#CCOC(=S)Nc1ccccc1.NC(=O)S. The highest BCUT2D eigenvalue weighted by Crippen LogP contribution is 2.04. The number of nitrogens with two attached hydrogens (primary N) is 1. The van der Waals surface area contributed by atoms with Gasteiger partial charge in [-0.15, -0.1) is 0 Å². The molecule has 0 bridgehead atoms.